The Bertz CT molecular complexity index is 752. The molecule has 5 heteroatoms. The molecular formula is C15H13N3OS. The molecule has 2 amide bonds. The van der Waals surface area contributed by atoms with Gasteiger partial charge < -0.3 is 10.6 Å². The molecule has 0 aliphatic carbocycles. The molecule has 0 aliphatic heterocycles. The lowest BCUT2D eigenvalue weighted by Gasteiger charge is -2.07. The van der Waals surface area contributed by atoms with E-state index in [-0.39, 0.29) is 6.03 Å². The van der Waals surface area contributed by atoms with Crippen LogP contribution in [0.4, 0.5) is 16.2 Å². The maximum absolute atomic E-state index is 11.9. The van der Waals surface area contributed by atoms with Crippen molar-refractivity contribution in [3.63, 3.8) is 0 Å². The van der Waals surface area contributed by atoms with Gasteiger partial charge in [0.15, 0.2) is 0 Å². The van der Waals surface area contributed by atoms with Crippen LogP contribution in [0.15, 0.2) is 48.1 Å². The highest BCUT2D eigenvalue weighted by Crippen LogP contribution is 2.28. The molecule has 3 rings (SSSR count). The second-order valence-electron chi connectivity index (χ2n) is 4.45. The van der Waals surface area contributed by atoms with Crippen molar-refractivity contribution in [2.24, 2.45) is 0 Å². The molecule has 0 saturated carbocycles. The van der Waals surface area contributed by atoms with Crippen LogP contribution < -0.4 is 10.6 Å². The summed E-state index contributed by atoms with van der Waals surface area (Å²) in [5, 5.41) is 8.85. The van der Waals surface area contributed by atoms with Crippen LogP contribution in [0.1, 0.15) is 5.56 Å². The Labute approximate surface area is 120 Å². The predicted molar refractivity (Wildman–Crippen MR) is 83.4 cm³/mol. The fourth-order valence-corrected chi connectivity index (χ4v) is 2.89. The number of nitrogens with one attached hydrogen (secondary N) is 2. The first-order valence-electron chi connectivity index (χ1n) is 6.18. The van der Waals surface area contributed by atoms with Gasteiger partial charge in [-0.15, -0.1) is 11.3 Å². The zero-order chi connectivity index (χ0) is 13.9. The van der Waals surface area contributed by atoms with Crippen molar-refractivity contribution in [2.75, 3.05) is 10.6 Å². The minimum absolute atomic E-state index is 0.273. The summed E-state index contributed by atoms with van der Waals surface area (Å²) in [5.74, 6) is 0. The van der Waals surface area contributed by atoms with E-state index in [0.29, 0.717) is 5.69 Å². The van der Waals surface area contributed by atoms with E-state index >= 15 is 0 Å². The highest BCUT2D eigenvalue weighted by atomic mass is 32.1. The van der Waals surface area contributed by atoms with E-state index in [2.05, 4.69) is 27.9 Å². The Morgan fingerprint density at radius 2 is 2.05 bits per heavy atom. The van der Waals surface area contributed by atoms with Gasteiger partial charge in [0, 0.05) is 16.6 Å². The SMILES string of the molecule is Cc1csc2ccc(NC(=O)Nc3cccnc3)cc12. The van der Waals surface area contributed by atoms with Crippen LogP contribution >= 0.6 is 11.3 Å². The molecule has 0 atom stereocenters. The summed E-state index contributed by atoms with van der Waals surface area (Å²) in [6, 6.07) is 9.21. The third kappa shape index (κ3) is 2.62. The van der Waals surface area contributed by atoms with E-state index in [1.165, 1.54) is 15.6 Å². The maximum atomic E-state index is 11.9. The van der Waals surface area contributed by atoms with Crippen LogP contribution in [0.5, 0.6) is 0 Å². The molecule has 3 aromatic rings. The van der Waals surface area contributed by atoms with Gasteiger partial charge in [-0.25, -0.2) is 4.79 Å². The maximum Gasteiger partial charge on any atom is 0.323 e. The second-order valence-corrected chi connectivity index (χ2v) is 5.36. The van der Waals surface area contributed by atoms with Gasteiger partial charge in [0.2, 0.25) is 0 Å². The first-order chi connectivity index (χ1) is 9.72. The zero-order valence-electron chi connectivity index (χ0n) is 10.9. The van der Waals surface area contributed by atoms with Crippen LogP contribution in [0.2, 0.25) is 0 Å². The summed E-state index contributed by atoms with van der Waals surface area (Å²) in [6.07, 6.45) is 3.27. The molecule has 0 radical (unpaired) electrons. The van der Waals surface area contributed by atoms with Gasteiger partial charge in [0.1, 0.15) is 0 Å². The molecule has 2 heterocycles. The van der Waals surface area contributed by atoms with E-state index in [4.69, 9.17) is 0 Å². The lowest BCUT2D eigenvalue weighted by atomic mass is 10.2. The molecule has 4 nitrogen and oxygen atoms in total. The average molecular weight is 283 g/mol. The summed E-state index contributed by atoms with van der Waals surface area (Å²) in [7, 11) is 0. The summed E-state index contributed by atoms with van der Waals surface area (Å²) in [5.41, 5.74) is 2.67. The van der Waals surface area contributed by atoms with Crippen molar-refractivity contribution in [2.45, 2.75) is 6.92 Å². The van der Waals surface area contributed by atoms with Gasteiger partial charge in [-0.3, -0.25) is 4.98 Å². The number of pyridine rings is 1. The fourth-order valence-electron chi connectivity index (χ4n) is 1.96. The minimum atomic E-state index is -0.273. The smallest absolute Gasteiger partial charge is 0.308 e. The molecule has 2 aromatic heterocycles. The number of benzene rings is 1. The lowest BCUT2D eigenvalue weighted by Crippen LogP contribution is -2.19. The van der Waals surface area contributed by atoms with Crippen molar-refractivity contribution >= 4 is 38.8 Å². The molecule has 20 heavy (non-hydrogen) atoms. The number of anilines is 2. The number of thiophene rings is 1. The number of hydrogen-bond acceptors (Lipinski definition) is 3. The number of rotatable bonds is 2. The van der Waals surface area contributed by atoms with Crippen LogP contribution in [0.25, 0.3) is 10.1 Å². The van der Waals surface area contributed by atoms with Crippen LogP contribution in [0.3, 0.4) is 0 Å². The third-order valence-electron chi connectivity index (χ3n) is 2.94. The second kappa shape index (κ2) is 5.30. The van der Waals surface area contributed by atoms with Crippen molar-refractivity contribution in [3.8, 4) is 0 Å². The Morgan fingerprint density at radius 1 is 1.20 bits per heavy atom. The number of amides is 2. The predicted octanol–water partition coefficient (Wildman–Crippen LogP) is 4.25. The van der Waals surface area contributed by atoms with Crippen molar-refractivity contribution in [3.05, 3.63) is 53.7 Å². The summed E-state index contributed by atoms with van der Waals surface area (Å²) < 4.78 is 1.22. The van der Waals surface area contributed by atoms with Crippen LogP contribution in [-0.4, -0.2) is 11.0 Å². The summed E-state index contributed by atoms with van der Waals surface area (Å²) >= 11 is 1.71. The molecule has 0 unspecified atom stereocenters. The molecule has 0 spiro atoms. The van der Waals surface area contributed by atoms with E-state index < -0.39 is 0 Å². The molecular weight excluding hydrogens is 270 g/mol. The van der Waals surface area contributed by atoms with Crippen molar-refractivity contribution in [1.82, 2.24) is 4.98 Å². The molecule has 0 saturated heterocycles. The summed E-state index contributed by atoms with van der Waals surface area (Å²) in [6.45, 7) is 2.07. The topological polar surface area (TPSA) is 54.0 Å². The van der Waals surface area contributed by atoms with Gasteiger partial charge in [-0.2, -0.15) is 0 Å². The van der Waals surface area contributed by atoms with Gasteiger partial charge >= 0.3 is 6.03 Å². The number of hydrogen-bond donors (Lipinski definition) is 2. The minimum Gasteiger partial charge on any atom is -0.308 e. The fraction of sp³-hybridized carbons (Fsp3) is 0.0667. The van der Waals surface area contributed by atoms with Gasteiger partial charge in [0.05, 0.1) is 11.9 Å². The van der Waals surface area contributed by atoms with Crippen LogP contribution in [0, 0.1) is 6.92 Å². The lowest BCUT2D eigenvalue weighted by molar-refractivity contribution is 0.262. The standard InChI is InChI=1S/C15H13N3OS/c1-10-9-20-14-5-4-11(7-13(10)14)17-15(19)18-12-3-2-6-16-8-12/h2-9H,1H3,(H2,17,18,19). The number of fused-ring (bicyclic) bond motifs is 1. The zero-order valence-corrected chi connectivity index (χ0v) is 11.7. The number of aromatic nitrogens is 1. The number of nitrogens with zero attached hydrogens (tertiary/aromatic N) is 1. The van der Waals surface area contributed by atoms with Crippen molar-refractivity contribution < 1.29 is 4.79 Å². The molecule has 1 aromatic carbocycles. The molecule has 2 N–H and O–H groups in total. The summed E-state index contributed by atoms with van der Waals surface area (Å²) in [4.78, 5) is 15.8. The molecule has 0 fully saturated rings. The Kier molecular flexibility index (Phi) is 3.35. The van der Waals surface area contributed by atoms with E-state index in [9.17, 15) is 4.79 Å². The van der Waals surface area contributed by atoms with Crippen LogP contribution in [-0.2, 0) is 0 Å². The van der Waals surface area contributed by atoms with Gasteiger partial charge in [-0.1, -0.05) is 0 Å². The van der Waals surface area contributed by atoms with E-state index in [1.807, 2.05) is 18.2 Å². The quantitative estimate of drug-likeness (QED) is 0.738. The number of carbonyl (C=O) groups excluding carboxylic acids is 1. The number of aryl methyl sites for hydroxylation is 1. The molecule has 0 bridgehead atoms. The highest BCUT2D eigenvalue weighted by molar-refractivity contribution is 7.17. The largest absolute Gasteiger partial charge is 0.323 e. The first-order valence-corrected chi connectivity index (χ1v) is 7.06. The highest BCUT2D eigenvalue weighted by Gasteiger charge is 2.05. The average Bonchev–Trinajstić information content (AvgIpc) is 2.81. The first kappa shape index (κ1) is 12.6. The Balaban J connectivity index is 1.75. The van der Waals surface area contributed by atoms with Gasteiger partial charge in [-0.05, 0) is 53.6 Å². The van der Waals surface area contributed by atoms with E-state index in [0.717, 1.165) is 5.69 Å². The monoisotopic (exact) mass is 283 g/mol. The molecule has 100 valence electrons. The normalized spacial score (nSPS) is 10.4. The molecule has 0 aliphatic rings. The third-order valence-corrected chi connectivity index (χ3v) is 4.03. The Hall–Kier alpha value is -2.40. The Morgan fingerprint density at radius 3 is 2.85 bits per heavy atom. The van der Waals surface area contributed by atoms with Crippen molar-refractivity contribution in [1.29, 1.82) is 0 Å². The van der Waals surface area contributed by atoms with Gasteiger partial charge in [0.25, 0.3) is 0 Å². The number of carbonyl (C=O) groups is 1. The van der Waals surface area contributed by atoms with E-state index in [1.54, 1.807) is 35.9 Å². The number of urea groups is 1.